The van der Waals surface area contributed by atoms with E-state index < -0.39 is 0 Å². The van der Waals surface area contributed by atoms with Crippen molar-refractivity contribution in [2.75, 3.05) is 6.61 Å². The number of benzene rings is 1. The molecule has 1 atom stereocenters. The molecule has 0 aliphatic heterocycles. The van der Waals surface area contributed by atoms with Crippen LogP contribution in [-0.4, -0.2) is 12.6 Å². The topological polar surface area (TPSA) is 44.5 Å². The number of hydrogen-bond donors (Lipinski definition) is 1. The summed E-state index contributed by atoms with van der Waals surface area (Å²) in [6.07, 6.45) is 1.79. The Bertz CT molecular complexity index is 538. The molecule has 1 unspecified atom stereocenters. The number of thiophene rings is 1. The summed E-state index contributed by atoms with van der Waals surface area (Å²) in [5.41, 5.74) is 7.05. The molecule has 0 saturated carbocycles. The van der Waals surface area contributed by atoms with Gasteiger partial charge in [0.05, 0.1) is 6.61 Å². The van der Waals surface area contributed by atoms with Gasteiger partial charge < -0.3 is 15.2 Å². The first kappa shape index (κ1) is 15.9. The van der Waals surface area contributed by atoms with Gasteiger partial charge in [0.2, 0.25) is 0 Å². The van der Waals surface area contributed by atoms with E-state index in [1.807, 2.05) is 25.1 Å². The van der Waals surface area contributed by atoms with Gasteiger partial charge in [0, 0.05) is 17.0 Å². The highest BCUT2D eigenvalue weighted by Gasteiger charge is 2.09. The van der Waals surface area contributed by atoms with Gasteiger partial charge in [-0.05, 0) is 42.8 Å². The quantitative estimate of drug-likeness (QED) is 0.801. The number of nitrogens with two attached hydrogens (primary N) is 1. The first-order chi connectivity index (χ1) is 10.2. The second kappa shape index (κ2) is 8.05. The lowest BCUT2D eigenvalue weighted by Crippen LogP contribution is -2.18. The highest BCUT2D eigenvalue weighted by atomic mass is 32.1. The molecule has 0 radical (unpaired) electrons. The zero-order chi connectivity index (χ0) is 15.1. The van der Waals surface area contributed by atoms with Crippen molar-refractivity contribution >= 4 is 11.3 Å². The molecule has 2 aromatic rings. The van der Waals surface area contributed by atoms with Crippen LogP contribution >= 0.6 is 11.3 Å². The molecule has 0 saturated heterocycles. The fourth-order valence-electron chi connectivity index (χ4n) is 2.04. The summed E-state index contributed by atoms with van der Waals surface area (Å²) in [6, 6.07) is 10.2. The van der Waals surface area contributed by atoms with Gasteiger partial charge >= 0.3 is 0 Å². The molecule has 1 aromatic carbocycles. The van der Waals surface area contributed by atoms with Gasteiger partial charge in [-0.1, -0.05) is 19.1 Å². The molecule has 3 nitrogen and oxygen atoms in total. The third-order valence-electron chi connectivity index (χ3n) is 3.00. The molecule has 0 aliphatic rings. The van der Waals surface area contributed by atoms with E-state index in [9.17, 15) is 0 Å². The lowest BCUT2D eigenvalue weighted by atomic mass is 10.1. The standard InChI is InChI=1S/C17H23NO2S/c1-3-8-19-15-7-6-14(10-13(2)18)17(11-15)20-12-16-5-4-9-21-16/h4-7,9,11,13H,3,8,10,12,18H2,1-2H3. The molecule has 0 bridgehead atoms. The lowest BCUT2D eigenvalue weighted by molar-refractivity contribution is 0.294. The maximum absolute atomic E-state index is 5.98. The summed E-state index contributed by atoms with van der Waals surface area (Å²) < 4.78 is 11.7. The van der Waals surface area contributed by atoms with Crippen molar-refractivity contribution in [3.05, 3.63) is 46.2 Å². The lowest BCUT2D eigenvalue weighted by Gasteiger charge is -2.15. The Hall–Kier alpha value is -1.52. The van der Waals surface area contributed by atoms with E-state index in [2.05, 4.69) is 24.4 Å². The van der Waals surface area contributed by atoms with Crippen molar-refractivity contribution in [2.45, 2.75) is 39.3 Å². The van der Waals surface area contributed by atoms with Gasteiger partial charge in [-0.3, -0.25) is 0 Å². The van der Waals surface area contributed by atoms with E-state index in [0.29, 0.717) is 6.61 Å². The summed E-state index contributed by atoms with van der Waals surface area (Å²) in [7, 11) is 0. The van der Waals surface area contributed by atoms with Crippen LogP contribution in [0.1, 0.15) is 30.7 Å². The van der Waals surface area contributed by atoms with E-state index in [1.54, 1.807) is 11.3 Å². The highest BCUT2D eigenvalue weighted by molar-refractivity contribution is 7.09. The van der Waals surface area contributed by atoms with Crippen LogP contribution in [0.4, 0.5) is 0 Å². The zero-order valence-electron chi connectivity index (χ0n) is 12.7. The van der Waals surface area contributed by atoms with Gasteiger partial charge in [0.1, 0.15) is 18.1 Å². The molecule has 0 amide bonds. The molecule has 1 heterocycles. The van der Waals surface area contributed by atoms with Gasteiger partial charge in [-0.2, -0.15) is 0 Å². The average Bonchev–Trinajstić information content (AvgIpc) is 2.97. The molecule has 0 fully saturated rings. The maximum atomic E-state index is 5.98. The minimum absolute atomic E-state index is 0.108. The van der Waals surface area contributed by atoms with Crippen molar-refractivity contribution in [1.82, 2.24) is 0 Å². The largest absolute Gasteiger partial charge is 0.493 e. The first-order valence-electron chi connectivity index (χ1n) is 7.35. The van der Waals surface area contributed by atoms with Crippen molar-refractivity contribution in [1.29, 1.82) is 0 Å². The van der Waals surface area contributed by atoms with Gasteiger partial charge in [-0.15, -0.1) is 11.3 Å². The van der Waals surface area contributed by atoms with Gasteiger partial charge in [-0.25, -0.2) is 0 Å². The van der Waals surface area contributed by atoms with Gasteiger partial charge in [0.25, 0.3) is 0 Å². The van der Waals surface area contributed by atoms with E-state index >= 15 is 0 Å². The Morgan fingerprint density at radius 1 is 1.24 bits per heavy atom. The van der Waals surface area contributed by atoms with E-state index in [1.165, 1.54) is 4.88 Å². The number of hydrogen-bond acceptors (Lipinski definition) is 4. The molecular weight excluding hydrogens is 282 g/mol. The Kier molecular flexibility index (Phi) is 6.08. The van der Waals surface area contributed by atoms with Crippen LogP contribution in [-0.2, 0) is 13.0 Å². The molecular formula is C17H23NO2S. The zero-order valence-corrected chi connectivity index (χ0v) is 13.5. The van der Waals surface area contributed by atoms with Crippen molar-refractivity contribution in [3.8, 4) is 11.5 Å². The van der Waals surface area contributed by atoms with Crippen molar-refractivity contribution in [3.63, 3.8) is 0 Å². The maximum Gasteiger partial charge on any atom is 0.126 e. The Labute approximate surface area is 130 Å². The van der Waals surface area contributed by atoms with E-state index in [0.717, 1.165) is 36.5 Å². The Morgan fingerprint density at radius 3 is 2.76 bits per heavy atom. The minimum atomic E-state index is 0.108. The first-order valence-corrected chi connectivity index (χ1v) is 8.23. The monoisotopic (exact) mass is 305 g/mol. The predicted octanol–water partition coefficient (Wildman–Crippen LogP) is 4.01. The molecule has 2 rings (SSSR count). The van der Waals surface area contributed by atoms with E-state index in [4.69, 9.17) is 15.2 Å². The summed E-state index contributed by atoms with van der Waals surface area (Å²) in [4.78, 5) is 1.21. The summed E-state index contributed by atoms with van der Waals surface area (Å²) in [5, 5.41) is 2.06. The smallest absolute Gasteiger partial charge is 0.126 e. The summed E-state index contributed by atoms with van der Waals surface area (Å²) in [6.45, 7) is 5.40. The molecule has 0 spiro atoms. The molecule has 0 aliphatic carbocycles. The summed E-state index contributed by atoms with van der Waals surface area (Å²) in [5.74, 6) is 1.72. The van der Waals surface area contributed by atoms with Crippen LogP contribution in [0.5, 0.6) is 11.5 Å². The third kappa shape index (κ3) is 5.06. The fourth-order valence-corrected chi connectivity index (χ4v) is 2.65. The number of ether oxygens (including phenoxy) is 2. The van der Waals surface area contributed by atoms with Crippen LogP contribution < -0.4 is 15.2 Å². The second-order valence-corrected chi connectivity index (χ2v) is 6.20. The molecule has 2 N–H and O–H groups in total. The SMILES string of the molecule is CCCOc1ccc(CC(C)N)c(OCc2cccs2)c1. The Balaban J connectivity index is 2.11. The summed E-state index contributed by atoms with van der Waals surface area (Å²) >= 11 is 1.70. The predicted molar refractivity (Wildman–Crippen MR) is 88.2 cm³/mol. The van der Waals surface area contributed by atoms with Gasteiger partial charge in [0.15, 0.2) is 0 Å². The normalized spacial score (nSPS) is 12.1. The van der Waals surface area contributed by atoms with Crippen LogP contribution in [0.25, 0.3) is 0 Å². The van der Waals surface area contributed by atoms with Crippen molar-refractivity contribution in [2.24, 2.45) is 5.73 Å². The third-order valence-corrected chi connectivity index (χ3v) is 3.85. The van der Waals surface area contributed by atoms with Crippen molar-refractivity contribution < 1.29 is 9.47 Å². The molecule has 114 valence electrons. The molecule has 21 heavy (non-hydrogen) atoms. The van der Waals surface area contributed by atoms with Crippen LogP contribution in [0.15, 0.2) is 35.7 Å². The minimum Gasteiger partial charge on any atom is -0.493 e. The highest BCUT2D eigenvalue weighted by Crippen LogP contribution is 2.27. The Morgan fingerprint density at radius 2 is 2.10 bits per heavy atom. The fraction of sp³-hybridized carbons (Fsp3) is 0.412. The molecule has 4 heteroatoms. The average molecular weight is 305 g/mol. The van der Waals surface area contributed by atoms with Crippen LogP contribution in [0.2, 0.25) is 0 Å². The number of rotatable bonds is 8. The van der Waals surface area contributed by atoms with E-state index in [-0.39, 0.29) is 6.04 Å². The molecule has 1 aromatic heterocycles. The van der Waals surface area contributed by atoms with Crippen LogP contribution in [0, 0.1) is 0 Å². The van der Waals surface area contributed by atoms with Crippen LogP contribution in [0.3, 0.4) is 0 Å². The second-order valence-electron chi connectivity index (χ2n) is 5.17.